The average molecular weight is 737 g/mol. The van der Waals surface area contributed by atoms with Crippen LogP contribution in [0.1, 0.15) is 68.5 Å². The molecule has 0 saturated carbocycles. The van der Waals surface area contributed by atoms with Gasteiger partial charge in [0.25, 0.3) is 5.56 Å². The Labute approximate surface area is 301 Å². The van der Waals surface area contributed by atoms with Crippen molar-refractivity contribution in [3.05, 3.63) is 59.1 Å². The molecule has 0 bridgehead atoms. The van der Waals surface area contributed by atoms with Gasteiger partial charge in [0.05, 0.1) is 12.9 Å². The number of ether oxygens (including phenoxy) is 1. The lowest BCUT2D eigenvalue weighted by Gasteiger charge is -2.44. The Morgan fingerprint density at radius 2 is 1.34 bits per heavy atom. The maximum Gasteiger partial charge on any atom is 0.279 e. The van der Waals surface area contributed by atoms with Crippen molar-refractivity contribution >= 4 is 46.9 Å². The van der Waals surface area contributed by atoms with Crippen molar-refractivity contribution in [2.75, 3.05) is 6.61 Å². The molecule has 5 rings (SSSR count). The quantitative estimate of drug-likeness (QED) is 0.171. The molecule has 9 nitrogen and oxygen atoms in total. The van der Waals surface area contributed by atoms with Crippen molar-refractivity contribution in [1.82, 2.24) is 19.5 Å². The van der Waals surface area contributed by atoms with Gasteiger partial charge in [0.2, 0.25) is 0 Å². The molecule has 12 heteroatoms. The molecular weight excluding hydrogens is 677 g/mol. The first-order valence-electron chi connectivity index (χ1n) is 17.9. The Bertz CT molecular complexity index is 1900. The Morgan fingerprint density at radius 3 is 1.92 bits per heavy atom. The van der Waals surface area contributed by atoms with Gasteiger partial charge in [-0.1, -0.05) is 98.7 Å². The van der Waals surface area contributed by atoms with E-state index in [2.05, 4.69) is 124 Å². The van der Waals surface area contributed by atoms with E-state index < -0.39 is 49.5 Å². The maximum atomic E-state index is 13.6. The Kier molecular flexibility index (Phi) is 10.2. The summed E-state index contributed by atoms with van der Waals surface area (Å²) in [5, 5.41) is 2.11. The molecule has 4 atom stereocenters. The summed E-state index contributed by atoms with van der Waals surface area (Å²) >= 11 is 0. The zero-order chi connectivity index (χ0) is 37.2. The van der Waals surface area contributed by atoms with Crippen LogP contribution in [0.25, 0.3) is 33.3 Å². The van der Waals surface area contributed by atoms with Crippen LogP contribution in [0.15, 0.2) is 53.6 Å². The van der Waals surface area contributed by atoms with Gasteiger partial charge in [0, 0.05) is 5.56 Å². The molecule has 1 saturated heterocycles. The Morgan fingerprint density at radius 1 is 0.780 bits per heavy atom. The summed E-state index contributed by atoms with van der Waals surface area (Å²) in [6.07, 6.45) is -0.266. The molecule has 0 radical (unpaired) electrons. The highest BCUT2D eigenvalue weighted by atomic mass is 28.4. The van der Waals surface area contributed by atoms with E-state index in [0.717, 1.165) is 16.3 Å². The summed E-state index contributed by atoms with van der Waals surface area (Å²) in [6.45, 7) is 34.2. The van der Waals surface area contributed by atoms with Gasteiger partial charge in [-0.2, -0.15) is 0 Å². The monoisotopic (exact) mass is 736 g/mol. The molecule has 1 N–H and O–H groups in total. The second-order valence-corrected chi connectivity index (χ2v) is 32.9. The van der Waals surface area contributed by atoms with Crippen LogP contribution >= 0.6 is 0 Å². The van der Waals surface area contributed by atoms with Crippen molar-refractivity contribution in [1.29, 1.82) is 0 Å². The van der Waals surface area contributed by atoms with Crippen LogP contribution in [0.2, 0.25) is 54.4 Å². The van der Waals surface area contributed by atoms with Gasteiger partial charge >= 0.3 is 0 Å². The molecule has 4 unspecified atom stereocenters. The van der Waals surface area contributed by atoms with Crippen molar-refractivity contribution in [3.63, 3.8) is 0 Å². The molecule has 1 aliphatic heterocycles. The van der Waals surface area contributed by atoms with Crippen LogP contribution in [0, 0.1) is 0 Å². The topological polar surface area (TPSA) is 100 Å². The lowest BCUT2D eigenvalue weighted by atomic mass is 10.1. The van der Waals surface area contributed by atoms with Gasteiger partial charge in [-0.15, -0.1) is 0 Å². The van der Waals surface area contributed by atoms with Gasteiger partial charge in [-0.3, -0.25) is 9.36 Å². The number of nitrogens with one attached hydrogen (secondary N) is 1. The fourth-order valence-electron chi connectivity index (χ4n) is 5.46. The second kappa shape index (κ2) is 13.2. The number of fused-ring (bicyclic) bond motifs is 2. The summed E-state index contributed by atoms with van der Waals surface area (Å²) < 4.78 is 30.5. The molecule has 2 aromatic carbocycles. The molecule has 1 fully saturated rings. The number of hydrogen-bond acceptors (Lipinski definition) is 7. The van der Waals surface area contributed by atoms with Crippen LogP contribution in [0.3, 0.4) is 0 Å². The summed E-state index contributed by atoms with van der Waals surface area (Å²) in [5.74, 6) is 0.474. The fraction of sp³-hybridized carbons (Fsp3) is 0.605. The zero-order valence-corrected chi connectivity index (χ0v) is 36.0. The first-order chi connectivity index (χ1) is 22.8. The average Bonchev–Trinajstić information content (AvgIpc) is 3.55. The van der Waals surface area contributed by atoms with Crippen molar-refractivity contribution < 1.29 is 18.0 Å². The van der Waals surface area contributed by atoms with Gasteiger partial charge in [0.15, 0.2) is 42.3 Å². The van der Waals surface area contributed by atoms with E-state index in [9.17, 15) is 4.79 Å². The minimum atomic E-state index is -2.37. The molecule has 1 aliphatic rings. The number of aromatic nitrogens is 4. The fourth-order valence-corrected chi connectivity index (χ4v) is 9.08. The van der Waals surface area contributed by atoms with E-state index in [1.165, 1.54) is 0 Å². The van der Waals surface area contributed by atoms with Gasteiger partial charge in [-0.05, 0) is 71.2 Å². The molecule has 2 aromatic heterocycles. The number of nitrogens with zero attached hydrogens (tertiary/aromatic N) is 3. The lowest BCUT2D eigenvalue weighted by molar-refractivity contribution is -0.0470. The summed E-state index contributed by atoms with van der Waals surface area (Å²) in [6, 6.07) is 14.2. The molecule has 3 heterocycles. The molecule has 0 aliphatic carbocycles. The Hall–Kier alpha value is -2.46. The smallest absolute Gasteiger partial charge is 0.279 e. The van der Waals surface area contributed by atoms with Crippen molar-refractivity contribution in [2.24, 2.45) is 0 Å². The standard InChI is InChI=1S/C38H60N4O5Si3/c1-36(2,3)48(10,11)44-23-28-30(46-49(12,13)37(4,5)6)31(47-50(14,15)38(7,8)9)35(45-28)42-24-39-29-33(42)40-32(41-34(29)43)27-21-20-25-18-16-17-19-26(25)22-27/h16-22,24,28,30-31,35H,23H2,1-15H3,(H,40,41,43). The van der Waals surface area contributed by atoms with Gasteiger partial charge in [0.1, 0.15) is 24.1 Å². The largest absolute Gasteiger partial charge is 0.414 e. The highest BCUT2D eigenvalue weighted by molar-refractivity contribution is 6.75. The predicted molar refractivity (Wildman–Crippen MR) is 212 cm³/mol. The SMILES string of the molecule is CC(C)(C)[Si](C)(C)OCC1OC(n2cnc3c(=O)[nH]c(-c4ccc5ccccc5c4)nc32)C(O[Si](C)(C)C(C)(C)C)C1O[Si](C)(C)C(C)(C)C. The minimum Gasteiger partial charge on any atom is -0.414 e. The summed E-state index contributed by atoms with van der Waals surface area (Å²) in [7, 11) is -6.83. The summed E-state index contributed by atoms with van der Waals surface area (Å²) in [4.78, 5) is 26.2. The molecule has 50 heavy (non-hydrogen) atoms. The number of H-pyrrole nitrogens is 1. The predicted octanol–water partition coefficient (Wildman–Crippen LogP) is 9.64. The van der Waals surface area contributed by atoms with Gasteiger partial charge in [-0.25, -0.2) is 9.97 Å². The third-order valence-corrected chi connectivity index (χ3v) is 25.4. The first-order valence-corrected chi connectivity index (χ1v) is 26.7. The molecule has 0 spiro atoms. The van der Waals surface area contributed by atoms with Crippen LogP contribution in [0.4, 0.5) is 0 Å². The van der Waals surface area contributed by atoms with Gasteiger partial charge < -0.3 is 23.0 Å². The summed E-state index contributed by atoms with van der Waals surface area (Å²) in [5.41, 5.74) is 1.22. The van der Waals surface area contributed by atoms with E-state index in [0.29, 0.717) is 18.1 Å². The first kappa shape index (κ1) is 38.8. The van der Waals surface area contributed by atoms with Crippen LogP contribution < -0.4 is 5.56 Å². The third kappa shape index (κ3) is 7.53. The number of aromatic amines is 1. The number of benzene rings is 2. The number of imidazole rings is 1. The van der Waals surface area contributed by atoms with E-state index in [-0.39, 0.29) is 26.2 Å². The third-order valence-electron chi connectivity index (χ3n) is 11.9. The Balaban J connectivity index is 1.66. The van der Waals surface area contributed by atoms with E-state index in [4.69, 9.17) is 23.0 Å². The second-order valence-electron chi connectivity index (χ2n) is 18.6. The highest BCUT2D eigenvalue weighted by Gasteiger charge is 2.55. The van der Waals surface area contributed by atoms with Crippen LogP contribution in [-0.2, 0) is 18.0 Å². The van der Waals surface area contributed by atoms with Crippen molar-refractivity contribution in [2.45, 2.75) is 141 Å². The van der Waals surface area contributed by atoms with E-state index >= 15 is 0 Å². The maximum absolute atomic E-state index is 13.6. The van der Waals surface area contributed by atoms with Crippen molar-refractivity contribution in [3.8, 4) is 11.4 Å². The minimum absolute atomic E-state index is 0.0303. The molecule has 274 valence electrons. The number of hydrogen-bond donors (Lipinski definition) is 1. The molecule has 4 aromatic rings. The molecular formula is C38H60N4O5Si3. The lowest BCUT2D eigenvalue weighted by Crippen LogP contribution is -2.54. The van der Waals surface area contributed by atoms with E-state index in [1.54, 1.807) is 6.33 Å². The van der Waals surface area contributed by atoms with E-state index in [1.807, 2.05) is 34.9 Å². The normalized spacial score (nSPS) is 21.4. The molecule has 0 amide bonds. The van der Waals surface area contributed by atoms with Crippen LogP contribution in [0.5, 0.6) is 0 Å². The zero-order valence-electron chi connectivity index (χ0n) is 33.0. The van der Waals surface area contributed by atoms with Crippen LogP contribution in [-0.4, -0.2) is 69.4 Å². The highest BCUT2D eigenvalue weighted by Crippen LogP contribution is 2.47. The number of rotatable bonds is 9.